The molecular weight excluding hydrogens is 136 g/mol. The van der Waals surface area contributed by atoms with Crippen molar-refractivity contribution in [2.45, 2.75) is 19.3 Å². The van der Waals surface area contributed by atoms with Crippen LogP contribution < -0.4 is 0 Å². The van der Waals surface area contributed by atoms with Crippen LogP contribution in [0.25, 0.3) is 0 Å². The molecule has 0 aromatic rings. The smallest absolute Gasteiger partial charge is 0.0897 e. The van der Waals surface area contributed by atoms with Gasteiger partial charge in [0.1, 0.15) is 0 Å². The van der Waals surface area contributed by atoms with Gasteiger partial charge in [0.15, 0.2) is 0 Å². The van der Waals surface area contributed by atoms with Gasteiger partial charge < -0.3 is 0 Å². The van der Waals surface area contributed by atoms with Gasteiger partial charge in [0.2, 0.25) is 0 Å². The van der Waals surface area contributed by atoms with Crippen LogP contribution in [0.15, 0.2) is 0 Å². The lowest BCUT2D eigenvalue weighted by Gasteiger charge is -2.24. The van der Waals surface area contributed by atoms with Gasteiger partial charge in [0.05, 0.1) is 6.67 Å². The number of halogens is 2. The number of nitrogens with zero attached hydrogens (tertiary/aromatic N) is 1. The average molecular weight is 149 g/mol. The summed E-state index contributed by atoms with van der Waals surface area (Å²) in [6, 6.07) is 0. The van der Waals surface area contributed by atoms with Gasteiger partial charge in [-0.2, -0.15) is 0 Å². The van der Waals surface area contributed by atoms with Gasteiger partial charge in [-0.25, -0.2) is 0 Å². The molecule has 0 atom stereocenters. The highest BCUT2D eigenvalue weighted by Gasteiger charge is 2.17. The topological polar surface area (TPSA) is 3.24 Å². The van der Waals surface area contributed by atoms with Gasteiger partial charge >= 0.3 is 0 Å². The van der Waals surface area contributed by atoms with Gasteiger partial charge in [-0.15, -0.1) is 9.60 Å². The van der Waals surface area contributed by atoms with Crippen LogP contribution in [-0.2, 0) is 0 Å². The molecule has 1 heterocycles. The van der Waals surface area contributed by atoms with Gasteiger partial charge in [0.25, 0.3) is 0 Å². The lowest BCUT2D eigenvalue weighted by molar-refractivity contribution is -0.0104. The Bertz CT molecular complexity index is 89.6. The van der Waals surface area contributed by atoms with Crippen molar-refractivity contribution < 1.29 is 8.87 Å². The lowest BCUT2D eigenvalue weighted by Crippen LogP contribution is -2.27. The second-order valence-electron chi connectivity index (χ2n) is 2.83. The first-order valence-electron chi connectivity index (χ1n) is 3.79. The summed E-state index contributed by atoms with van der Waals surface area (Å²) in [7, 11) is 0. The molecule has 1 fully saturated rings. The molecule has 1 aliphatic heterocycles. The number of alkyl halides is 1. The standard InChI is InChI=1S/C7H13F2N/c8-4-1-7-2-5-10(9)6-3-7/h7H,1-6H2. The van der Waals surface area contributed by atoms with E-state index in [1.165, 1.54) is 0 Å². The maximum atomic E-state index is 12.3. The van der Waals surface area contributed by atoms with Crippen molar-refractivity contribution in [3.63, 3.8) is 0 Å². The van der Waals surface area contributed by atoms with E-state index < -0.39 is 0 Å². The second kappa shape index (κ2) is 3.86. The van der Waals surface area contributed by atoms with Crippen LogP contribution in [0, 0.1) is 5.92 Å². The van der Waals surface area contributed by atoms with Crippen molar-refractivity contribution >= 4 is 0 Å². The molecule has 0 aromatic carbocycles. The Kier molecular flexibility index (Phi) is 3.06. The molecule has 1 rings (SSSR count). The molecule has 0 aliphatic carbocycles. The number of hydrogen-bond acceptors (Lipinski definition) is 1. The maximum absolute atomic E-state index is 12.3. The molecule has 3 heteroatoms. The van der Waals surface area contributed by atoms with Gasteiger partial charge in [-0.3, -0.25) is 4.39 Å². The highest BCUT2D eigenvalue weighted by atomic mass is 19.2. The van der Waals surface area contributed by atoms with Crippen molar-refractivity contribution in [1.29, 1.82) is 0 Å². The predicted molar refractivity (Wildman–Crippen MR) is 36.0 cm³/mol. The van der Waals surface area contributed by atoms with Crippen LogP contribution >= 0.6 is 0 Å². The zero-order valence-electron chi connectivity index (χ0n) is 6.02. The third-order valence-corrected chi connectivity index (χ3v) is 2.08. The van der Waals surface area contributed by atoms with Crippen LogP contribution in [0.5, 0.6) is 0 Å². The zero-order valence-corrected chi connectivity index (χ0v) is 6.02. The van der Waals surface area contributed by atoms with E-state index in [-0.39, 0.29) is 6.67 Å². The normalized spacial score (nSPS) is 23.4. The molecule has 1 saturated heterocycles. The highest BCUT2D eigenvalue weighted by molar-refractivity contribution is 4.67. The second-order valence-corrected chi connectivity index (χ2v) is 2.83. The van der Waals surface area contributed by atoms with Crippen molar-refractivity contribution in [3.05, 3.63) is 0 Å². The molecule has 10 heavy (non-hydrogen) atoms. The fourth-order valence-corrected chi connectivity index (χ4v) is 1.34. The summed E-state index contributed by atoms with van der Waals surface area (Å²) in [5.41, 5.74) is 0. The molecule has 60 valence electrons. The van der Waals surface area contributed by atoms with E-state index in [0.717, 1.165) is 18.0 Å². The SMILES string of the molecule is FCCC1CCN(F)CC1. The fourth-order valence-electron chi connectivity index (χ4n) is 1.34. The first-order chi connectivity index (χ1) is 4.83. The molecule has 0 spiro atoms. The predicted octanol–water partition coefficient (Wildman–Crippen LogP) is 1.94. The minimum Gasteiger partial charge on any atom is -0.251 e. The van der Waals surface area contributed by atoms with E-state index in [9.17, 15) is 8.87 Å². The minimum atomic E-state index is -0.253. The monoisotopic (exact) mass is 149 g/mol. The van der Waals surface area contributed by atoms with Crippen LogP contribution in [-0.4, -0.2) is 24.9 Å². The summed E-state index contributed by atoms with van der Waals surface area (Å²) in [6.07, 6.45) is 2.26. The summed E-state index contributed by atoms with van der Waals surface area (Å²) in [5, 5.41) is 0.814. The van der Waals surface area contributed by atoms with Crippen LogP contribution in [0.1, 0.15) is 19.3 Å². The number of hydrogen-bond donors (Lipinski definition) is 0. The zero-order chi connectivity index (χ0) is 7.40. The molecule has 0 aromatic heterocycles. The summed E-state index contributed by atoms with van der Waals surface area (Å²) in [4.78, 5) is 0. The Labute approximate surface area is 59.9 Å². The quantitative estimate of drug-likeness (QED) is 0.542. The van der Waals surface area contributed by atoms with Crippen LogP contribution in [0.2, 0.25) is 0 Å². The third kappa shape index (κ3) is 2.21. The van der Waals surface area contributed by atoms with E-state index >= 15 is 0 Å². The molecule has 1 aliphatic rings. The molecule has 0 saturated carbocycles. The molecule has 0 unspecified atom stereocenters. The molecule has 0 bridgehead atoms. The van der Waals surface area contributed by atoms with E-state index in [2.05, 4.69) is 0 Å². The Morgan fingerprint density at radius 2 is 1.90 bits per heavy atom. The summed E-state index contributed by atoms with van der Waals surface area (Å²) in [5.74, 6) is 0.428. The van der Waals surface area contributed by atoms with E-state index in [1.54, 1.807) is 0 Å². The van der Waals surface area contributed by atoms with Gasteiger partial charge in [-0.1, -0.05) is 0 Å². The molecule has 1 nitrogen and oxygen atoms in total. The largest absolute Gasteiger partial charge is 0.251 e. The highest BCUT2D eigenvalue weighted by Crippen LogP contribution is 2.20. The van der Waals surface area contributed by atoms with E-state index in [0.29, 0.717) is 25.4 Å². The lowest BCUT2D eigenvalue weighted by atomic mass is 9.95. The fraction of sp³-hybridized carbons (Fsp3) is 1.00. The Morgan fingerprint density at radius 3 is 2.40 bits per heavy atom. The minimum absolute atomic E-state index is 0.253. The third-order valence-electron chi connectivity index (χ3n) is 2.08. The maximum Gasteiger partial charge on any atom is 0.0897 e. The van der Waals surface area contributed by atoms with E-state index in [1.807, 2.05) is 0 Å². The Morgan fingerprint density at radius 1 is 1.30 bits per heavy atom. The summed E-state index contributed by atoms with van der Waals surface area (Å²) >= 11 is 0. The number of rotatable bonds is 2. The first-order valence-corrected chi connectivity index (χ1v) is 3.79. The van der Waals surface area contributed by atoms with Crippen LogP contribution in [0.4, 0.5) is 8.87 Å². The number of piperidine rings is 1. The van der Waals surface area contributed by atoms with Crippen molar-refractivity contribution in [3.8, 4) is 0 Å². The van der Waals surface area contributed by atoms with E-state index in [4.69, 9.17) is 0 Å². The Balaban J connectivity index is 2.13. The van der Waals surface area contributed by atoms with Crippen molar-refractivity contribution in [2.75, 3.05) is 19.8 Å². The van der Waals surface area contributed by atoms with Gasteiger partial charge in [-0.05, 0) is 25.2 Å². The molecule has 0 radical (unpaired) electrons. The molecule has 0 amide bonds. The average Bonchev–Trinajstić information content (AvgIpc) is 1.95. The summed E-state index contributed by atoms with van der Waals surface area (Å²) in [6.45, 7) is 0.728. The molecular formula is C7H13F2N. The van der Waals surface area contributed by atoms with Crippen LogP contribution in [0.3, 0.4) is 0 Å². The Hall–Kier alpha value is -0.180. The van der Waals surface area contributed by atoms with Crippen molar-refractivity contribution in [2.24, 2.45) is 5.92 Å². The summed E-state index contributed by atoms with van der Waals surface area (Å²) < 4.78 is 24.1. The first kappa shape index (κ1) is 7.92. The van der Waals surface area contributed by atoms with Gasteiger partial charge in [0, 0.05) is 13.1 Å². The van der Waals surface area contributed by atoms with Crippen molar-refractivity contribution in [1.82, 2.24) is 5.12 Å². The molecule has 0 N–H and O–H groups in total.